The highest BCUT2D eigenvalue weighted by molar-refractivity contribution is 7.18. The smallest absolute Gasteiger partial charge is 0.289 e. The van der Waals surface area contributed by atoms with Gasteiger partial charge < -0.3 is 10.1 Å². The molecule has 0 radical (unpaired) electrons. The van der Waals surface area contributed by atoms with Crippen LogP contribution in [-0.2, 0) is 22.5 Å². The van der Waals surface area contributed by atoms with Crippen LogP contribution in [0.1, 0.15) is 35.4 Å². The van der Waals surface area contributed by atoms with Gasteiger partial charge in [-0.1, -0.05) is 23.7 Å². The molecule has 1 aliphatic heterocycles. The van der Waals surface area contributed by atoms with Gasteiger partial charge >= 0.3 is 0 Å². The van der Waals surface area contributed by atoms with E-state index in [1.165, 1.54) is 10.8 Å². The van der Waals surface area contributed by atoms with E-state index in [1.807, 2.05) is 12.1 Å². The molecule has 1 aliphatic rings. The number of Topliss-reactive ketones (excluding diaryl/α,β-unsaturated/α-hetero) is 1. The van der Waals surface area contributed by atoms with Gasteiger partial charge in [0.2, 0.25) is 5.95 Å². The monoisotopic (exact) mass is 544 g/mol. The fraction of sp³-hybridized carbons (Fsp3) is 0.308. The second kappa shape index (κ2) is 11.0. The number of hydrogen-bond acceptors (Lipinski definition) is 7. The summed E-state index contributed by atoms with van der Waals surface area (Å²) in [7, 11) is 0. The lowest BCUT2D eigenvalue weighted by Gasteiger charge is -2.21. The lowest BCUT2D eigenvalue weighted by molar-refractivity contribution is -0.125. The van der Waals surface area contributed by atoms with Gasteiger partial charge in [-0.05, 0) is 48.7 Å². The minimum atomic E-state index is -2.64. The number of nitrogens with zero attached hydrogens (tertiary/aromatic N) is 3. The number of carbonyl (C=O) groups excluding carboxylic acids is 1. The van der Waals surface area contributed by atoms with E-state index in [9.17, 15) is 18.4 Å². The molecule has 0 spiro atoms. The summed E-state index contributed by atoms with van der Waals surface area (Å²) in [6, 6.07) is 12.1. The Hall–Kier alpha value is -3.21. The fourth-order valence-corrected chi connectivity index (χ4v) is 5.26. The number of fused-ring (bicyclic) bond motifs is 1. The van der Waals surface area contributed by atoms with Crippen LogP contribution >= 0.6 is 22.9 Å². The van der Waals surface area contributed by atoms with E-state index in [-0.39, 0.29) is 41.2 Å². The Labute approximate surface area is 220 Å². The fourth-order valence-electron chi connectivity index (χ4n) is 4.27. The first-order valence-electron chi connectivity index (χ1n) is 11.8. The van der Waals surface area contributed by atoms with Crippen LogP contribution in [0, 0.1) is 5.92 Å². The van der Waals surface area contributed by atoms with Crippen molar-refractivity contribution in [3.05, 3.63) is 80.2 Å². The molecule has 4 aromatic rings. The Morgan fingerprint density at radius 2 is 1.95 bits per heavy atom. The number of ether oxygens (including phenoxy) is 1. The molecule has 1 fully saturated rings. The summed E-state index contributed by atoms with van der Waals surface area (Å²) in [6.07, 6.45) is 0.0913. The maximum absolute atomic E-state index is 13.5. The number of hydrogen-bond donors (Lipinski definition) is 1. The number of benzene rings is 2. The molecule has 1 saturated heterocycles. The first-order valence-corrected chi connectivity index (χ1v) is 13.0. The maximum Gasteiger partial charge on any atom is 0.289 e. The largest absolute Gasteiger partial charge is 0.381 e. The molecule has 0 atom stereocenters. The number of alkyl halides is 2. The lowest BCUT2D eigenvalue weighted by atomic mass is 9.92. The van der Waals surface area contributed by atoms with E-state index in [4.69, 9.17) is 16.3 Å². The second-order valence-electron chi connectivity index (χ2n) is 8.81. The van der Waals surface area contributed by atoms with E-state index < -0.39 is 6.43 Å². The summed E-state index contributed by atoms with van der Waals surface area (Å²) < 4.78 is 33.5. The number of aromatic nitrogens is 3. The van der Waals surface area contributed by atoms with Crippen LogP contribution in [-0.4, -0.2) is 33.5 Å². The third-order valence-corrected chi connectivity index (χ3v) is 7.54. The van der Waals surface area contributed by atoms with Gasteiger partial charge in [0, 0.05) is 48.0 Å². The van der Waals surface area contributed by atoms with Crippen molar-refractivity contribution in [2.75, 3.05) is 18.5 Å². The molecule has 0 bridgehead atoms. The molecule has 1 N–H and O–H groups in total. The Bertz CT molecular complexity index is 1480. The van der Waals surface area contributed by atoms with Gasteiger partial charge in [0.1, 0.15) is 5.78 Å². The summed E-state index contributed by atoms with van der Waals surface area (Å²) in [5.41, 5.74) is 1.85. The van der Waals surface area contributed by atoms with Crippen LogP contribution in [0.4, 0.5) is 20.4 Å². The van der Waals surface area contributed by atoms with Crippen molar-refractivity contribution < 1.29 is 18.3 Å². The molecule has 37 heavy (non-hydrogen) atoms. The van der Waals surface area contributed by atoms with E-state index in [0.717, 1.165) is 16.9 Å². The third kappa shape index (κ3) is 5.87. The van der Waals surface area contributed by atoms with Gasteiger partial charge in [0.15, 0.2) is 5.01 Å². The highest BCUT2D eigenvalue weighted by Gasteiger charge is 2.23. The van der Waals surface area contributed by atoms with Gasteiger partial charge in [-0.2, -0.15) is 0 Å². The molecule has 0 amide bonds. The highest BCUT2D eigenvalue weighted by Crippen LogP contribution is 2.31. The second-order valence-corrected chi connectivity index (χ2v) is 10.3. The molecule has 2 aromatic carbocycles. The molecule has 0 saturated carbocycles. The minimum Gasteiger partial charge on any atom is -0.381 e. The summed E-state index contributed by atoms with van der Waals surface area (Å²) in [5.74, 6) is 0.145. The summed E-state index contributed by atoms with van der Waals surface area (Å²) >= 11 is 6.93. The molecule has 11 heteroatoms. The van der Waals surface area contributed by atoms with Crippen molar-refractivity contribution in [3.63, 3.8) is 0 Å². The molecular weight excluding hydrogens is 522 g/mol. The van der Waals surface area contributed by atoms with Crippen molar-refractivity contribution in [1.29, 1.82) is 0 Å². The Balaban J connectivity index is 1.47. The quantitative estimate of drug-likeness (QED) is 0.303. The minimum absolute atomic E-state index is 0.000622. The average Bonchev–Trinajstić information content (AvgIpc) is 3.33. The standard InChI is InChI=1S/C26H23ClF2N4O3S/c27-18-3-1-15(2-4-18)14-33-25(35)17(11-21(34)16-7-9-36-10-8-16)13-30-26(33)31-19-5-6-20-22(12-19)37-24(32-20)23(28)29/h1-6,12-13,16,23H,7-11,14H2,(H,30,31). The molecule has 7 nitrogen and oxygen atoms in total. The summed E-state index contributed by atoms with van der Waals surface area (Å²) in [4.78, 5) is 34.8. The number of carbonyl (C=O) groups is 1. The topological polar surface area (TPSA) is 86.1 Å². The molecule has 5 rings (SSSR count). The van der Waals surface area contributed by atoms with Crippen LogP contribution < -0.4 is 10.9 Å². The molecular formula is C26H23ClF2N4O3S. The van der Waals surface area contributed by atoms with Crippen LogP contribution in [0.25, 0.3) is 10.2 Å². The lowest BCUT2D eigenvalue weighted by Crippen LogP contribution is -2.31. The van der Waals surface area contributed by atoms with Crippen LogP contribution in [0.3, 0.4) is 0 Å². The zero-order valence-corrected chi connectivity index (χ0v) is 21.2. The van der Waals surface area contributed by atoms with Crippen LogP contribution in [0.2, 0.25) is 5.02 Å². The molecule has 192 valence electrons. The number of halogens is 3. The van der Waals surface area contributed by atoms with E-state index >= 15 is 0 Å². The Kier molecular flexibility index (Phi) is 7.59. The number of thiazole rings is 1. The SMILES string of the molecule is O=C(Cc1cnc(Nc2ccc3nc(C(F)F)sc3c2)n(Cc2ccc(Cl)cc2)c1=O)C1CCOCC1. The van der Waals surface area contributed by atoms with Gasteiger partial charge in [0.25, 0.3) is 12.0 Å². The summed E-state index contributed by atoms with van der Waals surface area (Å²) in [5, 5.41) is 3.46. The summed E-state index contributed by atoms with van der Waals surface area (Å²) in [6.45, 7) is 1.28. The molecule has 3 heterocycles. The van der Waals surface area contributed by atoms with E-state index in [0.29, 0.717) is 52.5 Å². The van der Waals surface area contributed by atoms with Crippen molar-refractivity contribution in [2.24, 2.45) is 5.92 Å². The van der Waals surface area contributed by atoms with Crippen molar-refractivity contribution in [1.82, 2.24) is 14.5 Å². The number of anilines is 2. The maximum atomic E-state index is 13.5. The number of ketones is 1. The Morgan fingerprint density at radius 3 is 2.68 bits per heavy atom. The number of nitrogens with one attached hydrogen (secondary N) is 1. The third-order valence-electron chi connectivity index (χ3n) is 6.26. The van der Waals surface area contributed by atoms with Crippen molar-refractivity contribution >= 4 is 50.6 Å². The number of rotatable bonds is 8. The van der Waals surface area contributed by atoms with Crippen LogP contribution in [0.15, 0.2) is 53.5 Å². The zero-order valence-electron chi connectivity index (χ0n) is 19.6. The van der Waals surface area contributed by atoms with Crippen molar-refractivity contribution in [3.8, 4) is 0 Å². The predicted octanol–water partition coefficient (Wildman–Crippen LogP) is 5.77. The molecule has 0 aliphatic carbocycles. The Morgan fingerprint density at radius 1 is 1.19 bits per heavy atom. The van der Waals surface area contributed by atoms with E-state index in [2.05, 4.69) is 15.3 Å². The van der Waals surface area contributed by atoms with Crippen LogP contribution in [0.5, 0.6) is 0 Å². The first-order chi connectivity index (χ1) is 17.9. The molecule has 2 aromatic heterocycles. The zero-order chi connectivity index (χ0) is 25.9. The van der Waals surface area contributed by atoms with Gasteiger partial charge in [-0.25, -0.2) is 18.7 Å². The van der Waals surface area contributed by atoms with Crippen molar-refractivity contribution in [2.45, 2.75) is 32.2 Å². The normalized spacial score (nSPS) is 14.4. The highest BCUT2D eigenvalue weighted by atomic mass is 35.5. The molecule has 0 unspecified atom stereocenters. The first kappa shape index (κ1) is 25.4. The van der Waals surface area contributed by atoms with Gasteiger partial charge in [-0.15, -0.1) is 11.3 Å². The average molecular weight is 545 g/mol. The van der Waals surface area contributed by atoms with Gasteiger partial charge in [0.05, 0.1) is 16.8 Å². The predicted molar refractivity (Wildman–Crippen MR) is 139 cm³/mol. The van der Waals surface area contributed by atoms with Gasteiger partial charge in [-0.3, -0.25) is 14.2 Å². The van der Waals surface area contributed by atoms with E-state index in [1.54, 1.807) is 30.3 Å².